The van der Waals surface area contributed by atoms with Gasteiger partial charge in [0.05, 0.1) is 17.6 Å². The molecule has 0 saturated heterocycles. The summed E-state index contributed by atoms with van der Waals surface area (Å²) in [6, 6.07) is 8.58. The smallest absolute Gasteiger partial charge is 0.308 e. The number of aliphatic carboxylic acids is 1. The Hall–Kier alpha value is -2.46. The number of nitrogens with one attached hydrogen (secondary N) is 2. The summed E-state index contributed by atoms with van der Waals surface area (Å²) in [6.07, 6.45) is 5.98. The maximum atomic E-state index is 13.1. The van der Waals surface area contributed by atoms with E-state index in [0.717, 1.165) is 5.56 Å². The number of carbonyl (C=O) groups is 3. The molecule has 0 spiro atoms. The van der Waals surface area contributed by atoms with Crippen molar-refractivity contribution in [3.05, 3.63) is 35.9 Å². The van der Waals surface area contributed by atoms with Crippen molar-refractivity contribution in [1.29, 1.82) is 0 Å². The monoisotopic (exact) mass is 418 g/mol. The van der Waals surface area contributed by atoms with Gasteiger partial charge < -0.3 is 15.7 Å². The number of terminal acetylenes is 1. The first-order valence-electron chi connectivity index (χ1n) is 9.60. The number of carboxylic acids is 1. The van der Waals surface area contributed by atoms with Gasteiger partial charge in [0.25, 0.3) is 0 Å². The van der Waals surface area contributed by atoms with E-state index in [1.54, 1.807) is 0 Å². The first kappa shape index (κ1) is 24.6. The van der Waals surface area contributed by atoms with Crippen molar-refractivity contribution >= 4 is 29.5 Å². The Balaban J connectivity index is 3.03. The number of amides is 2. The van der Waals surface area contributed by atoms with Gasteiger partial charge >= 0.3 is 5.97 Å². The lowest BCUT2D eigenvalue weighted by atomic mass is 9.85. The average Bonchev–Trinajstić information content (AvgIpc) is 2.69. The lowest BCUT2D eigenvalue weighted by molar-refractivity contribution is -0.147. The predicted octanol–water partition coefficient (Wildman–Crippen LogP) is 2.19. The third-order valence-electron chi connectivity index (χ3n) is 4.51. The van der Waals surface area contributed by atoms with Crippen molar-refractivity contribution in [3.8, 4) is 12.3 Å². The molecule has 3 atom stereocenters. The zero-order chi connectivity index (χ0) is 21.8. The number of thioether (sulfide) groups is 1. The third kappa shape index (κ3) is 8.61. The third-order valence-corrected chi connectivity index (χ3v) is 5.48. The van der Waals surface area contributed by atoms with E-state index in [4.69, 9.17) is 6.42 Å². The molecule has 0 aromatic heterocycles. The van der Waals surface area contributed by atoms with Gasteiger partial charge in [0.1, 0.15) is 6.04 Å². The molecule has 6 nitrogen and oxygen atoms in total. The molecule has 7 heteroatoms. The van der Waals surface area contributed by atoms with E-state index in [2.05, 4.69) is 16.6 Å². The van der Waals surface area contributed by atoms with Crippen LogP contribution in [0.25, 0.3) is 0 Å². The number of rotatable bonds is 12. The quantitative estimate of drug-likeness (QED) is 0.357. The second-order valence-corrected chi connectivity index (χ2v) is 8.30. The number of hydrogen-bond donors (Lipinski definition) is 3. The molecule has 1 aromatic rings. The first-order chi connectivity index (χ1) is 13.8. The standard InChI is InChI=1S/C22H30N2O4S/c1-5-11-29-14-18(22(27)28)17(12-15(2)3)20(25)24-19(21(26)23-4)13-16-9-7-6-8-10-16/h1,6-10,15,17-19H,11-14H2,2-4H3,(H,23,26)(H,24,25)(H,27,28)/t17-,18+,19+/m1/s1. The first-order valence-corrected chi connectivity index (χ1v) is 10.8. The van der Waals surface area contributed by atoms with E-state index >= 15 is 0 Å². The molecule has 0 radical (unpaired) electrons. The normalized spacial score (nSPS) is 13.8. The second-order valence-electron chi connectivity index (χ2n) is 7.27. The predicted molar refractivity (Wildman–Crippen MR) is 116 cm³/mol. The van der Waals surface area contributed by atoms with Gasteiger partial charge in [0.2, 0.25) is 11.8 Å². The molecule has 158 valence electrons. The number of likely N-dealkylation sites (N-methyl/N-ethyl adjacent to an activating group) is 1. The van der Waals surface area contributed by atoms with E-state index in [-0.39, 0.29) is 17.6 Å². The zero-order valence-corrected chi connectivity index (χ0v) is 18.0. The zero-order valence-electron chi connectivity index (χ0n) is 17.2. The van der Waals surface area contributed by atoms with E-state index in [9.17, 15) is 19.5 Å². The Morgan fingerprint density at radius 1 is 1.14 bits per heavy atom. The summed E-state index contributed by atoms with van der Waals surface area (Å²) in [6.45, 7) is 3.88. The van der Waals surface area contributed by atoms with Crippen molar-refractivity contribution in [3.63, 3.8) is 0 Å². The van der Waals surface area contributed by atoms with E-state index in [1.807, 2.05) is 44.2 Å². The van der Waals surface area contributed by atoms with Gasteiger partial charge in [-0.25, -0.2) is 0 Å². The molecule has 0 aliphatic heterocycles. The number of hydrogen-bond acceptors (Lipinski definition) is 4. The van der Waals surface area contributed by atoms with Crippen LogP contribution in [0.2, 0.25) is 0 Å². The van der Waals surface area contributed by atoms with Crippen LogP contribution in [0.3, 0.4) is 0 Å². The summed E-state index contributed by atoms with van der Waals surface area (Å²) in [5.41, 5.74) is 0.904. The molecular formula is C22H30N2O4S. The molecule has 3 N–H and O–H groups in total. The van der Waals surface area contributed by atoms with Gasteiger partial charge in [-0.05, 0) is 17.9 Å². The van der Waals surface area contributed by atoms with Crippen LogP contribution in [0.1, 0.15) is 25.8 Å². The fraction of sp³-hybridized carbons (Fsp3) is 0.500. The van der Waals surface area contributed by atoms with Crippen LogP contribution in [-0.4, -0.2) is 47.5 Å². The Kier molecular flexibility index (Phi) is 10.9. The molecule has 0 unspecified atom stereocenters. The fourth-order valence-corrected chi connectivity index (χ4v) is 3.94. The van der Waals surface area contributed by atoms with Crippen LogP contribution >= 0.6 is 11.8 Å². The summed E-state index contributed by atoms with van der Waals surface area (Å²) in [7, 11) is 1.51. The number of carboxylic acid groups (broad SMARTS) is 1. The highest BCUT2D eigenvalue weighted by Gasteiger charge is 2.35. The van der Waals surface area contributed by atoms with Crippen molar-refractivity contribution in [2.75, 3.05) is 18.6 Å². The Morgan fingerprint density at radius 3 is 2.31 bits per heavy atom. The Bertz CT molecular complexity index is 715. The SMILES string of the molecule is C#CCSC[C@H](C(=O)O)[C@@H](CC(C)C)C(=O)N[C@@H](Cc1ccccc1)C(=O)NC. The highest BCUT2D eigenvalue weighted by Crippen LogP contribution is 2.25. The molecule has 29 heavy (non-hydrogen) atoms. The van der Waals surface area contributed by atoms with Crippen LogP contribution in [0.5, 0.6) is 0 Å². The molecule has 0 aliphatic rings. The van der Waals surface area contributed by atoms with Gasteiger partial charge in [0, 0.05) is 19.2 Å². The van der Waals surface area contributed by atoms with Gasteiger partial charge in [-0.1, -0.05) is 50.1 Å². The molecule has 0 saturated carbocycles. The Morgan fingerprint density at radius 2 is 1.79 bits per heavy atom. The summed E-state index contributed by atoms with van der Waals surface area (Å²) in [4.78, 5) is 37.3. The van der Waals surface area contributed by atoms with Gasteiger partial charge in [-0.15, -0.1) is 18.2 Å². The van der Waals surface area contributed by atoms with Crippen molar-refractivity contribution in [1.82, 2.24) is 10.6 Å². The molecular weight excluding hydrogens is 388 g/mol. The van der Waals surface area contributed by atoms with Gasteiger partial charge in [0.15, 0.2) is 0 Å². The minimum Gasteiger partial charge on any atom is -0.481 e. The van der Waals surface area contributed by atoms with Crippen molar-refractivity contribution in [2.24, 2.45) is 17.8 Å². The molecule has 1 aromatic carbocycles. The van der Waals surface area contributed by atoms with E-state index in [0.29, 0.717) is 18.6 Å². The molecule has 1 rings (SSSR count). The van der Waals surface area contributed by atoms with Crippen LogP contribution in [0, 0.1) is 30.1 Å². The lowest BCUT2D eigenvalue weighted by Crippen LogP contribution is -2.50. The Labute approximate surface area is 177 Å². The molecule has 0 bridgehead atoms. The fourth-order valence-electron chi connectivity index (χ4n) is 3.08. The highest BCUT2D eigenvalue weighted by molar-refractivity contribution is 7.99. The second kappa shape index (κ2) is 12.9. The number of carbonyl (C=O) groups excluding carboxylic acids is 2. The summed E-state index contributed by atoms with van der Waals surface area (Å²) >= 11 is 1.32. The maximum Gasteiger partial charge on any atom is 0.308 e. The van der Waals surface area contributed by atoms with Gasteiger partial charge in [-0.2, -0.15) is 0 Å². The highest BCUT2D eigenvalue weighted by atomic mass is 32.2. The molecule has 0 aliphatic carbocycles. The largest absolute Gasteiger partial charge is 0.481 e. The van der Waals surface area contributed by atoms with Crippen LogP contribution in [0.15, 0.2) is 30.3 Å². The van der Waals surface area contributed by atoms with Gasteiger partial charge in [-0.3, -0.25) is 14.4 Å². The van der Waals surface area contributed by atoms with Crippen LogP contribution in [-0.2, 0) is 20.8 Å². The van der Waals surface area contributed by atoms with E-state index < -0.39 is 29.8 Å². The minimum atomic E-state index is -1.03. The van der Waals surface area contributed by atoms with Crippen molar-refractivity contribution in [2.45, 2.75) is 32.7 Å². The van der Waals surface area contributed by atoms with E-state index in [1.165, 1.54) is 18.8 Å². The molecule has 2 amide bonds. The minimum absolute atomic E-state index is 0.123. The van der Waals surface area contributed by atoms with Crippen LogP contribution in [0.4, 0.5) is 0 Å². The molecule has 0 heterocycles. The average molecular weight is 419 g/mol. The lowest BCUT2D eigenvalue weighted by Gasteiger charge is -2.27. The summed E-state index contributed by atoms with van der Waals surface area (Å²) in [5.74, 6) is -0.179. The summed E-state index contributed by atoms with van der Waals surface area (Å²) in [5, 5.41) is 15.1. The molecule has 0 fully saturated rings. The van der Waals surface area contributed by atoms with Crippen LogP contribution < -0.4 is 10.6 Å². The summed E-state index contributed by atoms with van der Waals surface area (Å²) < 4.78 is 0. The number of benzene rings is 1. The topological polar surface area (TPSA) is 95.5 Å². The maximum absolute atomic E-state index is 13.1. The van der Waals surface area contributed by atoms with Crippen molar-refractivity contribution < 1.29 is 19.5 Å².